The molecular weight excluding hydrogens is 334 g/mol. The fourth-order valence-electron chi connectivity index (χ4n) is 1.75. The average Bonchev–Trinajstić information content (AvgIpc) is 3.03. The van der Waals surface area contributed by atoms with E-state index < -0.39 is 16.0 Å². The van der Waals surface area contributed by atoms with Gasteiger partial charge in [-0.1, -0.05) is 18.2 Å². The summed E-state index contributed by atoms with van der Waals surface area (Å²) in [6, 6.07) is 11.9. The van der Waals surface area contributed by atoms with Crippen LogP contribution in [0.25, 0.3) is 0 Å². The van der Waals surface area contributed by atoms with Gasteiger partial charge in [0.05, 0.1) is 13.0 Å². The highest BCUT2D eigenvalue weighted by atomic mass is 32.2. The Bertz CT molecular complexity index is 767. The van der Waals surface area contributed by atoms with E-state index in [0.29, 0.717) is 5.75 Å². The molecule has 0 bridgehead atoms. The molecule has 7 nitrogen and oxygen atoms in total. The van der Waals surface area contributed by atoms with Gasteiger partial charge in [0.15, 0.2) is 0 Å². The Morgan fingerprint density at radius 1 is 1.12 bits per heavy atom. The third kappa shape index (κ3) is 4.84. The molecule has 0 N–H and O–H groups in total. The maximum absolute atomic E-state index is 11.9. The molecule has 24 heavy (non-hydrogen) atoms. The van der Waals surface area contributed by atoms with E-state index in [1.165, 1.54) is 26.2 Å². The predicted molar refractivity (Wildman–Crippen MR) is 85.9 cm³/mol. The number of esters is 1. The third-order valence-corrected chi connectivity index (χ3v) is 4.75. The quantitative estimate of drug-likeness (QED) is 0.675. The van der Waals surface area contributed by atoms with Crippen molar-refractivity contribution in [3.05, 3.63) is 48.2 Å². The smallest absolute Gasteiger partial charge is 0.309 e. The van der Waals surface area contributed by atoms with Gasteiger partial charge in [0.1, 0.15) is 18.1 Å². The molecule has 1 aromatic carbocycles. The monoisotopic (exact) mass is 353 g/mol. The number of nitrogens with zero attached hydrogens (tertiary/aromatic N) is 1. The van der Waals surface area contributed by atoms with Gasteiger partial charge in [0, 0.05) is 14.1 Å². The van der Waals surface area contributed by atoms with Crippen LogP contribution < -0.4 is 4.74 Å². The second kappa shape index (κ2) is 7.98. The topological polar surface area (TPSA) is 86.0 Å². The highest BCUT2D eigenvalue weighted by molar-refractivity contribution is 7.88. The molecule has 1 heterocycles. The maximum atomic E-state index is 11.9. The molecule has 2 rings (SSSR count). The number of ether oxygens (including phenoxy) is 2. The maximum Gasteiger partial charge on any atom is 0.309 e. The zero-order valence-corrected chi connectivity index (χ0v) is 14.3. The second-order valence-corrected chi connectivity index (χ2v) is 7.16. The van der Waals surface area contributed by atoms with Crippen LogP contribution in [0.4, 0.5) is 0 Å². The summed E-state index contributed by atoms with van der Waals surface area (Å²) in [5.41, 5.74) is 0. The van der Waals surface area contributed by atoms with Gasteiger partial charge in [0.25, 0.3) is 10.0 Å². The fourth-order valence-corrected chi connectivity index (χ4v) is 2.56. The molecular formula is C16H19NO6S. The number of furan rings is 1. The summed E-state index contributed by atoms with van der Waals surface area (Å²) in [5, 5.41) is -0.189. The van der Waals surface area contributed by atoms with Crippen molar-refractivity contribution >= 4 is 16.0 Å². The molecule has 0 atom stereocenters. The molecule has 0 spiro atoms. The molecule has 130 valence electrons. The molecule has 0 aliphatic heterocycles. The third-order valence-electron chi connectivity index (χ3n) is 3.07. The lowest BCUT2D eigenvalue weighted by molar-refractivity contribution is -0.146. The molecule has 0 unspecified atom stereocenters. The lowest BCUT2D eigenvalue weighted by Gasteiger charge is -2.08. The minimum Gasteiger partial charge on any atom is -0.493 e. The first-order valence-electron chi connectivity index (χ1n) is 7.24. The van der Waals surface area contributed by atoms with Gasteiger partial charge >= 0.3 is 5.97 Å². The number of sulfonamides is 1. The van der Waals surface area contributed by atoms with Crippen LogP contribution in [0.5, 0.6) is 5.75 Å². The molecule has 0 fully saturated rings. The van der Waals surface area contributed by atoms with Gasteiger partial charge in [0.2, 0.25) is 5.09 Å². The second-order valence-electron chi connectivity index (χ2n) is 5.08. The summed E-state index contributed by atoms with van der Waals surface area (Å²) in [6.45, 7) is 0.0639. The zero-order valence-electron chi connectivity index (χ0n) is 13.5. The molecule has 0 aliphatic carbocycles. The fraction of sp³-hybridized carbons (Fsp3) is 0.312. The Kier molecular flexibility index (Phi) is 5.99. The van der Waals surface area contributed by atoms with Crippen molar-refractivity contribution in [2.24, 2.45) is 0 Å². The molecule has 0 saturated carbocycles. The molecule has 0 aliphatic rings. The van der Waals surface area contributed by atoms with Crippen molar-refractivity contribution in [1.82, 2.24) is 4.31 Å². The normalized spacial score (nSPS) is 11.5. The molecule has 1 aromatic heterocycles. The van der Waals surface area contributed by atoms with Gasteiger partial charge in [-0.05, 0) is 24.3 Å². The van der Waals surface area contributed by atoms with Crippen molar-refractivity contribution in [1.29, 1.82) is 0 Å². The van der Waals surface area contributed by atoms with Crippen LogP contribution in [-0.4, -0.2) is 39.4 Å². The van der Waals surface area contributed by atoms with E-state index in [-0.39, 0.29) is 30.5 Å². The Morgan fingerprint density at radius 3 is 2.50 bits per heavy atom. The molecule has 0 saturated heterocycles. The number of carbonyl (C=O) groups excluding carboxylic acids is 1. The number of rotatable bonds is 8. The van der Waals surface area contributed by atoms with Crippen LogP contribution in [0.3, 0.4) is 0 Å². The highest BCUT2D eigenvalue weighted by Gasteiger charge is 2.21. The molecule has 0 radical (unpaired) electrons. The predicted octanol–water partition coefficient (Wildman–Crippen LogP) is 2.04. The first-order valence-corrected chi connectivity index (χ1v) is 8.68. The lowest BCUT2D eigenvalue weighted by Crippen LogP contribution is -2.21. The summed E-state index contributed by atoms with van der Waals surface area (Å²) in [4.78, 5) is 11.6. The van der Waals surface area contributed by atoms with Gasteiger partial charge in [-0.25, -0.2) is 12.7 Å². The van der Waals surface area contributed by atoms with Gasteiger partial charge in [-0.3, -0.25) is 4.79 Å². The van der Waals surface area contributed by atoms with Crippen molar-refractivity contribution in [3.63, 3.8) is 0 Å². The summed E-state index contributed by atoms with van der Waals surface area (Å²) in [6.07, 6.45) is 0.0818. The Labute approximate surface area is 140 Å². The van der Waals surface area contributed by atoms with E-state index in [1.807, 2.05) is 18.2 Å². The summed E-state index contributed by atoms with van der Waals surface area (Å²) >= 11 is 0. The summed E-state index contributed by atoms with van der Waals surface area (Å²) < 4.78 is 40.4. The van der Waals surface area contributed by atoms with E-state index >= 15 is 0 Å². The zero-order chi connectivity index (χ0) is 17.6. The molecule has 8 heteroatoms. The van der Waals surface area contributed by atoms with Gasteiger partial charge in [-0.2, -0.15) is 0 Å². The summed E-state index contributed by atoms with van der Waals surface area (Å²) in [5.74, 6) is 0.474. The van der Waals surface area contributed by atoms with Crippen LogP contribution in [0.1, 0.15) is 12.2 Å². The van der Waals surface area contributed by atoms with Crippen molar-refractivity contribution in [2.45, 2.75) is 18.1 Å². The first kappa shape index (κ1) is 18.0. The van der Waals surface area contributed by atoms with Crippen molar-refractivity contribution in [2.75, 3.05) is 20.7 Å². The van der Waals surface area contributed by atoms with Crippen LogP contribution in [0.15, 0.2) is 52.0 Å². The van der Waals surface area contributed by atoms with Crippen molar-refractivity contribution < 1.29 is 27.1 Å². The number of hydrogen-bond acceptors (Lipinski definition) is 6. The standard InChI is InChI=1S/C16H19NO6S/c1-17(2)24(19,20)16-9-8-14(23-16)12-22-15(18)10-11-21-13-6-4-3-5-7-13/h3-9H,10-12H2,1-2H3. The number of para-hydroxylation sites is 1. The lowest BCUT2D eigenvalue weighted by atomic mass is 10.3. The van der Waals surface area contributed by atoms with E-state index in [0.717, 1.165) is 4.31 Å². The number of hydrogen-bond donors (Lipinski definition) is 0. The number of benzene rings is 1. The van der Waals surface area contributed by atoms with Crippen LogP contribution in [0, 0.1) is 0 Å². The highest BCUT2D eigenvalue weighted by Crippen LogP contribution is 2.17. The van der Waals surface area contributed by atoms with E-state index in [1.54, 1.807) is 12.1 Å². The van der Waals surface area contributed by atoms with E-state index in [4.69, 9.17) is 13.9 Å². The van der Waals surface area contributed by atoms with E-state index in [9.17, 15) is 13.2 Å². The van der Waals surface area contributed by atoms with Gasteiger partial charge in [-0.15, -0.1) is 0 Å². The largest absolute Gasteiger partial charge is 0.493 e. The van der Waals surface area contributed by atoms with Crippen molar-refractivity contribution in [3.8, 4) is 5.75 Å². The Morgan fingerprint density at radius 2 is 1.83 bits per heavy atom. The van der Waals surface area contributed by atoms with Crippen LogP contribution in [-0.2, 0) is 26.2 Å². The minimum absolute atomic E-state index is 0.0818. The van der Waals surface area contributed by atoms with Crippen LogP contribution in [0.2, 0.25) is 0 Å². The summed E-state index contributed by atoms with van der Waals surface area (Å²) in [7, 11) is -0.819. The Balaban J connectivity index is 1.77. The first-order chi connectivity index (χ1) is 11.4. The molecule has 2 aromatic rings. The van der Waals surface area contributed by atoms with Gasteiger partial charge < -0.3 is 13.9 Å². The number of carbonyl (C=O) groups is 1. The SMILES string of the molecule is CN(C)S(=O)(=O)c1ccc(COC(=O)CCOc2ccccc2)o1. The Hall–Kier alpha value is -2.32. The van der Waals surface area contributed by atoms with E-state index in [2.05, 4.69) is 0 Å². The molecule has 0 amide bonds. The van der Waals surface area contributed by atoms with Crippen LogP contribution >= 0.6 is 0 Å². The minimum atomic E-state index is -3.63. The average molecular weight is 353 g/mol.